The minimum Gasteiger partial charge on any atom is -0.464 e. The van der Waals surface area contributed by atoms with E-state index in [0.717, 1.165) is 12.1 Å². The molecule has 1 aliphatic heterocycles. The molecule has 84 valence electrons. The zero-order valence-electron chi connectivity index (χ0n) is 9.70. The third-order valence-electron chi connectivity index (χ3n) is 3.48. The Labute approximate surface area is 95.9 Å². The lowest BCUT2D eigenvalue weighted by atomic mass is 10.1. The van der Waals surface area contributed by atoms with Gasteiger partial charge in [0.1, 0.15) is 5.58 Å². The molecule has 0 spiro atoms. The molecular weight excluding hydrogens is 198 g/mol. The van der Waals surface area contributed by atoms with Gasteiger partial charge in [0.15, 0.2) is 0 Å². The predicted molar refractivity (Wildman–Crippen MR) is 65.5 cm³/mol. The van der Waals surface area contributed by atoms with Crippen molar-refractivity contribution >= 4 is 11.0 Å². The second-order valence-corrected chi connectivity index (χ2v) is 4.69. The highest BCUT2D eigenvalue weighted by Gasteiger charge is 2.15. The maximum Gasteiger partial charge on any atom is 0.134 e. The first-order valence-corrected chi connectivity index (χ1v) is 6.02. The molecule has 2 nitrogen and oxygen atoms in total. The minimum atomic E-state index is 1.02. The van der Waals surface area contributed by atoms with Gasteiger partial charge in [0.2, 0.25) is 0 Å². The predicted octanol–water partition coefficient (Wildman–Crippen LogP) is 3.34. The van der Waals surface area contributed by atoms with Crippen LogP contribution in [0.25, 0.3) is 11.0 Å². The lowest BCUT2D eigenvalue weighted by molar-refractivity contribution is 0.331. The monoisotopic (exact) mass is 215 g/mol. The van der Waals surface area contributed by atoms with E-state index in [-0.39, 0.29) is 0 Å². The SMILES string of the molecule is Cc1cccc2occ(CN3CCCC3)c12. The molecule has 3 rings (SSSR count). The first-order chi connectivity index (χ1) is 7.84. The Morgan fingerprint density at radius 3 is 2.88 bits per heavy atom. The molecule has 0 bridgehead atoms. The lowest BCUT2D eigenvalue weighted by Crippen LogP contribution is -2.18. The molecule has 1 saturated heterocycles. The van der Waals surface area contributed by atoms with Crippen LogP contribution in [0.3, 0.4) is 0 Å². The Balaban J connectivity index is 1.97. The summed E-state index contributed by atoms with van der Waals surface area (Å²) in [5.41, 5.74) is 3.68. The maximum absolute atomic E-state index is 5.61. The summed E-state index contributed by atoms with van der Waals surface area (Å²) in [6.45, 7) is 5.67. The molecule has 16 heavy (non-hydrogen) atoms. The van der Waals surface area contributed by atoms with Crippen LogP contribution in [0, 0.1) is 6.92 Å². The Bertz CT molecular complexity index is 494. The van der Waals surface area contributed by atoms with Crippen molar-refractivity contribution in [3.8, 4) is 0 Å². The van der Waals surface area contributed by atoms with E-state index in [1.807, 2.05) is 6.26 Å². The number of hydrogen-bond acceptors (Lipinski definition) is 2. The molecule has 1 aromatic carbocycles. The van der Waals surface area contributed by atoms with Gasteiger partial charge in [0, 0.05) is 17.5 Å². The van der Waals surface area contributed by atoms with Crippen LogP contribution in [0.4, 0.5) is 0 Å². The highest BCUT2D eigenvalue weighted by molar-refractivity contribution is 5.84. The van der Waals surface area contributed by atoms with Crippen molar-refractivity contribution in [1.82, 2.24) is 4.90 Å². The van der Waals surface area contributed by atoms with Crippen LogP contribution in [0.1, 0.15) is 24.0 Å². The van der Waals surface area contributed by atoms with Gasteiger partial charge in [-0.05, 0) is 44.5 Å². The molecular formula is C14H17NO. The van der Waals surface area contributed by atoms with Gasteiger partial charge in [-0.2, -0.15) is 0 Å². The average molecular weight is 215 g/mol. The number of nitrogens with zero attached hydrogens (tertiary/aromatic N) is 1. The molecule has 0 atom stereocenters. The van der Waals surface area contributed by atoms with Gasteiger partial charge in [-0.25, -0.2) is 0 Å². The second kappa shape index (κ2) is 3.95. The Kier molecular flexibility index (Phi) is 2.44. The van der Waals surface area contributed by atoms with Gasteiger partial charge in [-0.15, -0.1) is 0 Å². The Hall–Kier alpha value is -1.28. The number of rotatable bonds is 2. The van der Waals surface area contributed by atoms with Crippen molar-refractivity contribution in [1.29, 1.82) is 0 Å². The van der Waals surface area contributed by atoms with Crippen molar-refractivity contribution in [2.24, 2.45) is 0 Å². The van der Waals surface area contributed by atoms with Gasteiger partial charge < -0.3 is 4.42 Å². The summed E-state index contributed by atoms with van der Waals surface area (Å²) in [5, 5.41) is 1.31. The molecule has 0 aliphatic carbocycles. The first-order valence-electron chi connectivity index (χ1n) is 6.02. The largest absolute Gasteiger partial charge is 0.464 e. The highest BCUT2D eigenvalue weighted by Crippen LogP contribution is 2.26. The number of likely N-dealkylation sites (tertiary alicyclic amines) is 1. The highest BCUT2D eigenvalue weighted by atomic mass is 16.3. The van der Waals surface area contributed by atoms with Crippen molar-refractivity contribution in [3.63, 3.8) is 0 Å². The fraction of sp³-hybridized carbons (Fsp3) is 0.429. The van der Waals surface area contributed by atoms with E-state index >= 15 is 0 Å². The summed E-state index contributed by atoms with van der Waals surface area (Å²) in [6, 6.07) is 6.27. The van der Waals surface area contributed by atoms with E-state index in [4.69, 9.17) is 4.42 Å². The van der Waals surface area contributed by atoms with E-state index in [1.165, 1.54) is 42.4 Å². The van der Waals surface area contributed by atoms with Crippen LogP contribution < -0.4 is 0 Å². The maximum atomic E-state index is 5.61. The smallest absolute Gasteiger partial charge is 0.134 e. The fourth-order valence-corrected chi connectivity index (χ4v) is 2.64. The van der Waals surface area contributed by atoms with E-state index in [1.54, 1.807) is 0 Å². The minimum absolute atomic E-state index is 1.02. The molecule has 1 aliphatic rings. The van der Waals surface area contributed by atoms with Crippen LogP contribution in [-0.2, 0) is 6.54 Å². The third-order valence-corrected chi connectivity index (χ3v) is 3.48. The van der Waals surface area contributed by atoms with E-state index < -0.39 is 0 Å². The van der Waals surface area contributed by atoms with Crippen LogP contribution in [0.5, 0.6) is 0 Å². The zero-order chi connectivity index (χ0) is 11.0. The average Bonchev–Trinajstić information content (AvgIpc) is 2.90. The van der Waals surface area contributed by atoms with Gasteiger partial charge in [0.25, 0.3) is 0 Å². The number of benzene rings is 1. The van der Waals surface area contributed by atoms with Crippen LogP contribution in [0.15, 0.2) is 28.9 Å². The summed E-state index contributed by atoms with van der Waals surface area (Å²) < 4.78 is 5.61. The van der Waals surface area contributed by atoms with Crippen LogP contribution >= 0.6 is 0 Å². The quantitative estimate of drug-likeness (QED) is 0.764. The Morgan fingerprint density at radius 2 is 2.06 bits per heavy atom. The van der Waals surface area contributed by atoms with Gasteiger partial charge in [0.05, 0.1) is 6.26 Å². The summed E-state index contributed by atoms with van der Waals surface area (Å²) in [7, 11) is 0. The molecule has 0 saturated carbocycles. The zero-order valence-corrected chi connectivity index (χ0v) is 9.70. The van der Waals surface area contributed by atoms with Crippen LogP contribution in [0.2, 0.25) is 0 Å². The molecule has 0 unspecified atom stereocenters. The van der Waals surface area contributed by atoms with Crippen LogP contribution in [-0.4, -0.2) is 18.0 Å². The summed E-state index contributed by atoms with van der Waals surface area (Å²) in [4.78, 5) is 2.51. The summed E-state index contributed by atoms with van der Waals surface area (Å²) in [6.07, 6.45) is 4.61. The van der Waals surface area contributed by atoms with E-state index in [0.29, 0.717) is 0 Å². The molecule has 1 fully saturated rings. The molecule has 2 aromatic rings. The summed E-state index contributed by atoms with van der Waals surface area (Å²) in [5.74, 6) is 0. The third kappa shape index (κ3) is 1.63. The molecule has 2 heterocycles. The number of furan rings is 1. The van der Waals surface area contributed by atoms with Gasteiger partial charge >= 0.3 is 0 Å². The number of aryl methyl sites for hydroxylation is 1. The number of fused-ring (bicyclic) bond motifs is 1. The van der Waals surface area contributed by atoms with Crippen molar-refractivity contribution in [3.05, 3.63) is 35.6 Å². The number of hydrogen-bond donors (Lipinski definition) is 0. The standard InChI is InChI=1S/C14H17NO/c1-11-5-4-6-13-14(11)12(10-16-13)9-15-7-2-3-8-15/h4-6,10H,2-3,7-9H2,1H3. The van der Waals surface area contributed by atoms with Crippen molar-refractivity contribution < 1.29 is 4.42 Å². The van der Waals surface area contributed by atoms with Crippen molar-refractivity contribution in [2.45, 2.75) is 26.3 Å². The molecule has 1 aromatic heterocycles. The van der Waals surface area contributed by atoms with E-state index in [2.05, 4.69) is 30.0 Å². The topological polar surface area (TPSA) is 16.4 Å². The summed E-state index contributed by atoms with van der Waals surface area (Å²) >= 11 is 0. The normalized spacial score (nSPS) is 17.3. The van der Waals surface area contributed by atoms with Gasteiger partial charge in [-0.3, -0.25) is 4.90 Å². The Morgan fingerprint density at radius 1 is 1.25 bits per heavy atom. The van der Waals surface area contributed by atoms with Crippen molar-refractivity contribution in [2.75, 3.05) is 13.1 Å². The molecule has 0 N–H and O–H groups in total. The molecule has 0 radical (unpaired) electrons. The van der Waals surface area contributed by atoms with Gasteiger partial charge in [-0.1, -0.05) is 12.1 Å². The second-order valence-electron chi connectivity index (χ2n) is 4.69. The molecule has 2 heteroatoms. The van der Waals surface area contributed by atoms with E-state index in [9.17, 15) is 0 Å². The first kappa shape index (κ1) is 9.91. The fourth-order valence-electron chi connectivity index (χ4n) is 2.64. The lowest BCUT2D eigenvalue weighted by Gasteiger charge is -2.13. The molecule has 0 amide bonds.